The van der Waals surface area contributed by atoms with E-state index in [0.29, 0.717) is 11.1 Å². The Morgan fingerprint density at radius 2 is 2.30 bits per heavy atom. The van der Waals surface area contributed by atoms with Crippen molar-refractivity contribution in [2.24, 2.45) is 5.73 Å². The Kier molecular flexibility index (Phi) is 3.91. The Labute approximate surface area is 119 Å². The van der Waals surface area contributed by atoms with Crippen molar-refractivity contribution in [1.29, 1.82) is 5.26 Å². The Morgan fingerprint density at radius 3 is 2.90 bits per heavy atom. The summed E-state index contributed by atoms with van der Waals surface area (Å²) in [5.41, 5.74) is 5.97. The fourth-order valence-electron chi connectivity index (χ4n) is 1.53. The molecular weight excluding hydrogens is 277 g/mol. The van der Waals surface area contributed by atoms with Crippen molar-refractivity contribution < 1.29 is 9.18 Å². The lowest BCUT2D eigenvalue weighted by Gasteiger charge is -1.98. The van der Waals surface area contributed by atoms with Crippen molar-refractivity contribution in [3.05, 3.63) is 46.4 Å². The first kappa shape index (κ1) is 13.9. The number of carbonyl (C=O) groups is 1. The third-order valence-electron chi connectivity index (χ3n) is 2.61. The number of pyridine rings is 1. The number of nitrogens with two attached hydrogens (primary N) is 1. The fraction of sp³-hybridized carbons (Fsp3) is 0.0714. The second-order valence-electron chi connectivity index (χ2n) is 4.06. The highest BCUT2D eigenvalue weighted by atomic mass is 32.1. The average molecular weight is 287 g/mol. The van der Waals surface area contributed by atoms with Crippen LogP contribution in [0, 0.1) is 17.1 Å². The van der Waals surface area contributed by atoms with Gasteiger partial charge in [-0.3, -0.25) is 4.79 Å². The number of hydrogen-bond acceptors (Lipinski definition) is 4. The standard InChI is InChI=1S/C14H10FN3OS/c1-8(14(17)19)4-10-2-3-13(20-10)9-5-11(15)12(6-16)18-7-9/h2-5,7H,1H3,(H2,17,19)/b8-4+. The molecular formula is C14H10FN3OS. The predicted octanol–water partition coefficient (Wildman–Crippen LogP) is 2.71. The molecule has 0 saturated carbocycles. The Bertz CT molecular complexity index is 743. The maximum absolute atomic E-state index is 13.5. The molecule has 0 saturated heterocycles. The Hall–Kier alpha value is -2.52. The maximum atomic E-state index is 13.5. The van der Waals surface area contributed by atoms with Gasteiger partial charge in [0.2, 0.25) is 5.91 Å². The summed E-state index contributed by atoms with van der Waals surface area (Å²) in [5, 5.41) is 8.63. The molecule has 6 heteroatoms. The number of aromatic nitrogens is 1. The molecule has 0 spiro atoms. The van der Waals surface area contributed by atoms with Crippen molar-refractivity contribution in [2.45, 2.75) is 6.92 Å². The van der Waals surface area contributed by atoms with E-state index in [-0.39, 0.29) is 5.69 Å². The number of nitrogens with zero attached hydrogens (tertiary/aromatic N) is 2. The number of halogens is 1. The summed E-state index contributed by atoms with van der Waals surface area (Å²) in [4.78, 5) is 16.3. The number of primary amides is 1. The van der Waals surface area contributed by atoms with E-state index >= 15 is 0 Å². The SMILES string of the molecule is C/C(=C\c1ccc(-c2cnc(C#N)c(F)c2)s1)C(N)=O. The van der Waals surface area contributed by atoms with E-state index in [0.717, 1.165) is 9.75 Å². The number of thiophene rings is 1. The predicted molar refractivity (Wildman–Crippen MR) is 75.1 cm³/mol. The van der Waals surface area contributed by atoms with Crippen LogP contribution in [0.25, 0.3) is 16.5 Å². The third kappa shape index (κ3) is 2.90. The molecule has 100 valence electrons. The monoisotopic (exact) mass is 287 g/mol. The molecule has 0 aliphatic rings. The second kappa shape index (κ2) is 5.63. The van der Waals surface area contributed by atoms with Crippen LogP contribution in [0.15, 0.2) is 30.0 Å². The van der Waals surface area contributed by atoms with Gasteiger partial charge in [-0.2, -0.15) is 5.26 Å². The van der Waals surface area contributed by atoms with E-state index < -0.39 is 11.7 Å². The molecule has 0 fully saturated rings. The van der Waals surface area contributed by atoms with Gasteiger partial charge in [0.25, 0.3) is 0 Å². The number of rotatable bonds is 3. The smallest absolute Gasteiger partial charge is 0.244 e. The van der Waals surface area contributed by atoms with Gasteiger partial charge >= 0.3 is 0 Å². The largest absolute Gasteiger partial charge is 0.366 e. The quantitative estimate of drug-likeness (QED) is 0.881. The molecule has 0 bridgehead atoms. The van der Waals surface area contributed by atoms with Crippen molar-refractivity contribution in [1.82, 2.24) is 4.98 Å². The zero-order chi connectivity index (χ0) is 14.7. The van der Waals surface area contributed by atoms with Crippen LogP contribution in [-0.4, -0.2) is 10.9 Å². The van der Waals surface area contributed by atoms with E-state index in [1.54, 1.807) is 25.1 Å². The second-order valence-corrected chi connectivity index (χ2v) is 5.18. The number of nitriles is 1. The lowest BCUT2D eigenvalue weighted by Crippen LogP contribution is -2.11. The van der Waals surface area contributed by atoms with Gasteiger partial charge in [-0.05, 0) is 31.2 Å². The molecule has 4 nitrogen and oxygen atoms in total. The summed E-state index contributed by atoms with van der Waals surface area (Å²) in [6.07, 6.45) is 3.12. The minimum Gasteiger partial charge on any atom is -0.366 e. The zero-order valence-electron chi connectivity index (χ0n) is 10.6. The Balaban J connectivity index is 2.34. The molecule has 0 aromatic carbocycles. The van der Waals surface area contributed by atoms with Gasteiger partial charge in [-0.1, -0.05) is 0 Å². The lowest BCUT2D eigenvalue weighted by molar-refractivity contribution is -0.114. The summed E-state index contributed by atoms with van der Waals surface area (Å²) < 4.78 is 13.5. The third-order valence-corrected chi connectivity index (χ3v) is 3.69. The number of amides is 1. The van der Waals surface area contributed by atoms with Gasteiger partial charge in [0, 0.05) is 27.1 Å². The van der Waals surface area contributed by atoms with Crippen LogP contribution < -0.4 is 5.73 Å². The van der Waals surface area contributed by atoms with E-state index in [4.69, 9.17) is 11.0 Å². The first-order valence-electron chi connectivity index (χ1n) is 5.65. The van der Waals surface area contributed by atoms with Gasteiger partial charge in [-0.25, -0.2) is 9.37 Å². The summed E-state index contributed by atoms with van der Waals surface area (Å²) >= 11 is 1.38. The van der Waals surface area contributed by atoms with Crippen LogP contribution >= 0.6 is 11.3 Å². The molecule has 2 aromatic heterocycles. The highest BCUT2D eigenvalue weighted by Gasteiger charge is 2.08. The van der Waals surface area contributed by atoms with Crippen molar-refractivity contribution in [3.8, 4) is 16.5 Å². The molecule has 1 amide bonds. The molecule has 2 aromatic rings. The topological polar surface area (TPSA) is 79.8 Å². The van der Waals surface area contributed by atoms with Crippen LogP contribution in [0.3, 0.4) is 0 Å². The van der Waals surface area contributed by atoms with Crippen molar-refractivity contribution in [2.75, 3.05) is 0 Å². The fourth-order valence-corrected chi connectivity index (χ4v) is 2.52. The molecule has 0 atom stereocenters. The minimum absolute atomic E-state index is 0.227. The summed E-state index contributed by atoms with van der Waals surface area (Å²) in [6, 6.07) is 6.55. The molecule has 0 aliphatic heterocycles. The summed E-state index contributed by atoms with van der Waals surface area (Å²) in [7, 11) is 0. The lowest BCUT2D eigenvalue weighted by atomic mass is 10.2. The normalized spacial score (nSPS) is 11.2. The summed E-state index contributed by atoms with van der Waals surface area (Å²) in [5.74, 6) is -1.13. The maximum Gasteiger partial charge on any atom is 0.244 e. The van der Waals surface area contributed by atoms with E-state index in [1.165, 1.54) is 23.6 Å². The molecule has 0 aliphatic carbocycles. The van der Waals surface area contributed by atoms with Crippen LogP contribution in [0.4, 0.5) is 4.39 Å². The number of carbonyl (C=O) groups excluding carboxylic acids is 1. The van der Waals surface area contributed by atoms with Crippen molar-refractivity contribution in [3.63, 3.8) is 0 Å². The zero-order valence-corrected chi connectivity index (χ0v) is 11.4. The average Bonchev–Trinajstić information content (AvgIpc) is 2.87. The summed E-state index contributed by atoms with van der Waals surface area (Å²) in [6.45, 7) is 1.63. The molecule has 2 rings (SSSR count). The molecule has 20 heavy (non-hydrogen) atoms. The van der Waals surface area contributed by atoms with E-state index in [2.05, 4.69) is 4.98 Å². The van der Waals surface area contributed by atoms with Crippen LogP contribution in [-0.2, 0) is 4.79 Å². The minimum atomic E-state index is -0.649. The van der Waals surface area contributed by atoms with Crippen LogP contribution in [0.1, 0.15) is 17.5 Å². The van der Waals surface area contributed by atoms with Crippen molar-refractivity contribution >= 4 is 23.3 Å². The molecule has 2 N–H and O–H groups in total. The van der Waals surface area contributed by atoms with Gasteiger partial charge in [0.1, 0.15) is 6.07 Å². The van der Waals surface area contributed by atoms with Gasteiger partial charge in [0.15, 0.2) is 11.5 Å². The van der Waals surface area contributed by atoms with Gasteiger partial charge < -0.3 is 5.73 Å². The van der Waals surface area contributed by atoms with E-state index in [9.17, 15) is 9.18 Å². The van der Waals surface area contributed by atoms with E-state index in [1.807, 2.05) is 6.07 Å². The molecule has 0 unspecified atom stereocenters. The molecule has 0 radical (unpaired) electrons. The van der Waals surface area contributed by atoms with Crippen LogP contribution in [0.5, 0.6) is 0 Å². The van der Waals surface area contributed by atoms with Gasteiger partial charge in [-0.15, -0.1) is 11.3 Å². The first-order chi connectivity index (χ1) is 9.51. The highest BCUT2D eigenvalue weighted by Crippen LogP contribution is 2.29. The van der Waals surface area contributed by atoms with Gasteiger partial charge in [0.05, 0.1) is 0 Å². The van der Waals surface area contributed by atoms with Crippen LogP contribution in [0.2, 0.25) is 0 Å². The number of hydrogen-bond donors (Lipinski definition) is 1. The first-order valence-corrected chi connectivity index (χ1v) is 6.47. The molecule has 2 heterocycles. The Morgan fingerprint density at radius 1 is 1.55 bits per heavy atom. The highest BCUT2D eigenvalue weighted by molar-refractivity contribution is 7.16.